The van der Waals surface area contributed by atoms with Crippen LogP contribution in [0.3, 0.4) is 0 Å². The standard InChI is InChI=1S/C15H29N3O3/c1-10(13(19)16-5)17-11-6-8-12(9-7-11)18-14(20)21-15(2,3)4/h10-12,17H,6-9H2,1-5H3,(H,16,19)(H,18,20). The molecule has 0 spiro atoms. The van der Waals surface area contributed by atoms with Crippen molar-refractivity contribution in [3.63, 3.8) is 0 Å². The molecule has 1 unspecified atom stereocenters. The van der Waals surface area contributed by atoms with Gasteiger partial charge in [-0.3, -0.25) is 4.79 Å². The van der Waals surface area contributed by atoms with Gasteiger partial charge in [0.05, 0.1) is 6.04 Å². The van der Waals surface area contributed by atoms with Crippen LogP contribution in [0.15, 0.2) is 0 Å². The van der Waals surface area contributed by atoms with E-state index >= 15 is 0 Å². The number of carbonyl (C=O) groups excluding carboxylic acids is 2. The van der Waals surface area contributed by atoms with Crippen LogP contribution in [0.1, 0.15) is 53.4 Å². The number of nitrogens with one attached hydrogen (secondary N) is 3. The largest absolute Gasteiger partial charge is 0.444 e. The molecule has 122 valence electrons. The number of hydrogen-bond acceptors (Lipinski definition) is 4. The molecule has 0 saturated heterocycles. The highest BCUT2D eigenvalue weighted by Gasteiger charge is 2.26. The number of carbonyl (C=O) groups is 2. The Balaban J connectivity index is 2.29. The summed E-state index contributed by atoms with van der Waals surface area (Å²) in [5.74, 6) is 0.00371. The molecular weight excluding hydrogens is 270 g/mol. The number of ether oxygens (including phenoxy) is 1. The number of alkyl carbamates (subject to hydrolysis) is 1. The second-order valence-electron chi connectivity index (χ2n) is 6.70. The second-order valence-corrected chi connectivity index (χ2v) is 6.70. The van der Waals surface area contributed by atoms with Gasteiger partial charge in [-0.15, -0.1) is 0 Å². The molecule has 0 radical (unpaired) electrons. The van der Waals surface area contributed by atoms with E-state index in [9.17, 15) is 9.59 Å². The topological polar surface area (TPSA) is 79.5 Å². The summed E-state index contributed by atoms with van der Waals surface area (Å²) >= 11 is 0. The maximum atomic E-state index is 11.7. The summed E-state index contributed by atoms with van der Waals surface area (Å²) in [4.78, 5) is 23.2. The van der Waals surface area contributed by atoms with Crippen molar-refractivity contribution in [2.45, 2.75) is 77.1 Å². The van der Waals surface area contributed by atoms with Gasteiger partial charge < -0.3 is 20.7 Å². The van der Waals surface area contributed by atoms with E-state index in [0.717, 1.165) is 25.7 Å². The lowest BCUT2D eigenvalue weighted by atomic mass is 9.91. The first-order valence-corrected chi connectivity index (χ1v) is 7.68. The third-order valence-corrected chi connectivity index (χ3v) is 3.57. The lowest BCUT2D eigenvalue weighted by molar-refractivity contribution is -0.122. The van der Waals surface area contributed by atoms with Gasteiger partial charge in [-0.05, 0) is 53.4 Å². The summed E-state index contributed by atoms with van der Waals surface area (Å²) in [6, 6.07) is 0.303. The minimum Gasteiger partial charge on any atom is -0.444 e. The van der Waals surface area contributed by atoms with Gasteiger partial charge in [0.25, 0.3) is 0 Å². The van der Waals surface area contributed by atoms with Crippen LogP contribution in [-0.4, -0.2) is 42.8 Å². The average molecular weight is 299 g/mol. The maximum absolute atomic E-state index is 11.7. The zero-order valence-corrected chi connectivity index (χ0v) is 13.8. The van der Waals surface area contributed by atoms with Crippen LogP contribution in [0.4, 0.5) is 4.79 Å². The van der Waals surface area contributed by atoms with Crippen molar-refractivity contribution in [2.24, 2.45) is 0 Å². The van der Waals surface area contributed by atoms with Gasteiger partial charge in [0.15, 0.2) is 0 Å². The first-order valence-electron chi connectivity index (χ1n) is 7.68. The van der Waals surface area contributed by atoms with E-state index in [4.69, 9.17) is 4.74 Å². The summed E-state index contributed by atoms with van der Waals surface area (Å²) < 4.78 is 5.26. The lowest BCUT2D eigenvalue weighted by Gasteiger charge is -2.31. The van der Waals surface area contributed by atoms with Crippen molar-refractivity contribution in [3.8, 4) is 0 Å². The predicted molar refractivity (Wildman–Crippen MR) is 82.1 cm³/mol. The van der Waals surface area contributed by atoms with Crippen molar-refractivity contribution in [1.82, 2.24) is 16.0 Å². The van der Waals surface area contributed by atoms with E-state index in [0.29, 0.717) is 6.04 Å². The first-order chi connectivity index (χ1) is 9.71. The molecule has 1 aliphatic carbocycles. The van der Waals surface area contributed by atoms with E-state index in [2.05, 4.69) is 16.0 Å². The fourth-order valence-corrected chi connectivity index (χ4v) is 2.52. The van der Waals surface area contributed by atoms with Crippen LogP contribution < -0.4 is 16.0 Å². The average Bonchev–Trinajstić information content (AvgIpc) is 2.37. The summed E-state index contributed by atoms with van der Waals surface area (Å²) in [5.41, 5.74) is -0.466. The molecule has 1 atom stereocenters. The Morgan fingerprint density at radius 3 is 2.10 bits per heavy atom. The monoisotopic (exact) mass is 299 g/mol. The van der Waals surface area contributed by atoms with Gasteiger partial charge in [-0.1, -0.05) is 0 Å². The molecule has 21 heavy (non-hydrogen) atoms. The molecule has 0 aliphatic heterocycles. The van der Waals surface area contributed by atoms with Gasteiger partial charge in [-0.2, -0.15) is 0 Å². The Bertz CT molecular complexity index is 358. The van der Waals surface area contributed by atoms with E-state index in [-0.39, 0.29) is 24.1 Å². The number of amides is 2. The summed E-state index contributed by atoms with van der Waals surface area (Å²) in [7, 11) is 1.64. The molecule has 3 N–H and O–H groups in total. The molecule has 6 heteroatoms. The first kappa shape index (κ1) is 17.8. The Morgan fingerprint density at radius 1 is 1.10 bits per heavy atom. The molecule has 0 aromatic rings. The van der Waals surface area contributed by atoms with Crippen LogP contribution in [0.2, 0.25) is 0 Å². The van der Waals surface area contributed by atoms with Crippen molar-refractivity contribution in [1.29, 1.82) is 0 Å². The Kier molecular flexibility index (Phi) is 6.45. The Morgan fingerprint density at radius 2 is 1.62 bits per heavy atom. The normalized spacial score (nSPS) is 24.0. The smallest absolute Gasteiger partial charge is 0.407 e. The molecule has 1 aliphatic rings. The Labute approximate surface area is 127 Å². The second kappa shape index (κ2) is 7.64. The minimum atomic E-state index is -0.466. The molecule has 2 amide bonds. The van der Waals surface area contributed by atoms with Crippen molar-refractivity contribution in [2.75, 3.05) is 7.05 Å². The van der Waals surface area contributed by atoms with E-state index in [1.165, 1.54) is 0 Å². The predicted octanol–water partition coefficient (Wildman–Crippen LogP) is 1.55. The van der Waals surface area contributed by atoms with Crippen LogP contribution in [0.5, 0.6) is 0 Å². The van der Waals surface area contributed by atoms with Gasteiger partial charge in [0.2, 0.25) is 5.91 Å². The highest BCUT2D eigenvalue weighted by atomic mass is 16.6. The van der Waals surface area contributed by atoms with Crippen molar-refractivity contribution < 1.29 is 14.3 Å². The highest BCUT2D eigenvalue weighted by Crippen LogP contribution is 2.19. The fourth-order valence-electron chi connectivity index (χ4n) is 2.52. The number of rotatable bonds is 4. The van der Waals surface area contributed by atoms with E-state index in [1.54, 1.807) is 7.05 Å². The zero-order valence-electron chi connectivity index (χ0n) is 13.8. The van der Waals surface area contributed by atoms with Crippen LogP contribution in [0, 0.1) is 0 Å². The van der Waals surface area contributed by atoms with Gasteiger partial charge >= 0.3 is 6.09 Å². The van der Waals surface area contributed by atoms with E-state index < -0.39 is 5.60 Å². The molecule has 0 bridgehead atoms. The minimum absolute atomic E-state index is 0.00371. The third kappa shape index (κ3) is 6.80. The van der Waals surface area contributed by atoms with Crippen LogP contribution in [0.25, 0.3) is 0 Å². The molecule has 1 saturated carbocycles. The SMILES string of the molecule is CNC(=O)C(C)NC1CCC(NC(=O)OC(C)(C)C)CC1. The summed E-state index contributed by atoms with van der Waals surface area (Å²) in [5, 5.41) is 8.88. The Hall–Kier alpha value is -1.30. The quantitative estimate of drug-likeness (QED) is 0.736. The van der Waals surface area contributed by atoms with E-state index in [1.807, 2.05) is 27.7 Å². The molecular formula is C15H29N3O3. The maximum Gasteiger partial charge on any atom is 0.407 e. The summed E-state index contributed by atoms with van der Waals surface area (Å²) in [6.07, 6.45) is 3.34. The van der Waals surface area contributed by atoms with Gasteiger partial charge in [-0.25, -0.2) is 4.79 Å². The van der Waals surface area contributed by atoms with Gasteiger partial charge in [0.1, 0.15) is 5.60 Å². The van der Waals surface area contributed by atoms with Gasteiger partial charge in [0, 0.05) is 19.1 Å². The fraction of sp³-hybridized carbons (Fsp3) is 0.867. The summed E-state index contributed by atoms with van der Waals surface area (Å²) in [6.45, 7) is 7.43. The van der Waals surface area contributed by atoms with Crippen LogP contribution in [-0.2, 0) is 9.53 Å². The molecule has 1 rings (SSSR count). The van der Waals surface area contributed by atoms with Crippen LogP contribution >= 0.6 is 0 Å². The molecule has 0 aromatic carbocycles. The lowest BCUT2D eigenvalue weighted by Crippen LogP contribution is -2.49. The number of hydrogen-bond donors (Lipinski definition) is 3. The molecule has 6 nitrogen and oxygen atoms in total. The zero-order chi connectivity index (χ0) is 16.0. The molecule has 1 fully saturated rings. The molecule has 0 aromatic heterocycles. The van der Waals surface area contributed by atoms with Crippen molar-refractivity contribution in [3.05, 3.63) is 0 Å². The third-order valence-electron chi connectivity index (χ3n) is 3.57. The van der Waals surface area contributed by atoms with Crippen molar-refractivity contribution >= 4 is 12.0 Å². The number of likely N-dealkylation sites (N-methyl/N-ethyl adjacent to an activating group) is 1. The molecule has 0 heterocycles. The highest BCUT2D eigenvalue weighted by molar-refractivity contribution is 5.80.